The van der Waals surface area contributed by atoms with Crippen molar-refractivity contribution in [3.63, 3.8) is 0 Å². The fraction of sp³-hybridized carbons (Fsp3) is 0.529. The lowest BCUT2D eigenvalue weighted by atomic mass is 10.1. The van der Waals surface area contributed by atoms with E-state index in [0.717, 1.165) is 25.7 Å². The van der Waals surface area contributed by atoms with Gasteiger partial charge in [-0.2, -0.15) is 0 Å². The molecule has 0 aromatic heterocycles. The molecule has 0 unspecified atom stereocenters. The first-order valence-corrected chi connectivity index (χ1v) is 15.3. The van der Waals surface area contributed by atoms with Crippen LogP contribution in [0.1, 0.15) is 145 Å². The van der Waals surface area contributed by atoms with E-state index in [4.69, 9.17) is 19.7 Å². The van der Waals surface area contributed by atoms with Crippen molar-refractivity contribution in [1.82, 2.24) is 0 Å². The van der Waals surface area contributed by atoms with E-state index >= 15 is 0 Å². The van der Waals surface area contributed by atoms with E-state index in [0.29, 0.717) is 24.3 Å². The van der Waals surface area contributed by atoms with Gasteiger partial charge in [0.1, 0.15) is 0 Å². The maximum absolute atomic E-state index is 12.4. The van der Waals surface area contributed by atoms with E-state index < -0.39 is 23.9 Å². The molecule has 232 valence electrons. The molecule has 2 aromatic rings. The number of carboxylic acid groups (broad SMARTS) is 2. The minimum atomic E-state index is -1.23. The molecule has 8 nitrogen and oxygen atoms in total. The van der Waals surface area contributed by atoms with Gasteiger partial charge in [0.2, 0.25) is 0 Å². The molecule has 42 heavy (non-hydrogen) atoms. The van der Waals surface area contributed by atoms with Crippen LogP contribution in [-0.2, 0) is 9.47 Å². The molecule has 0 saturated carbocycles. The number of carbonyl (C=O) groups excluding carboxylic acids is 2. The molecule has 2 aromatic carbocycles. The van der Waals surface area contributed by atoms with E-state index in [1.165, 1.54) is 88.5 Å². The number of esters is 2. The average Bonchev–Trinajstić information content (AvgIpc) is 2.99. The zero-order chi connectivity index (χ0) is 31.0. The molecular formula is C34H48O8. The van der Waals surface area contributed by atoms with Gasteiger partial charge in [0.15, 0.2) is 0 Å². The number of carbonyl (C=O) groups is 4. The maximum Gasteiger partial charge on any atom is 0.339 e. The van der Waals surface area contributed by atoms with Crippen LogP contribution in [0.5, 0.6) is 0 Å². The summed E-state index contributed by atoms with van der Waals surface area (Å²) in [5, 5.41) is 17.1. The summed E-state index contributed by atoms with van der Waals surface area (Å²) in [6.45, 7) is 5.22. The van der Waals surface area contributed by atoms with Crippen LogP contribution in [0.15, 0.2) is 48.5 Å². The zero-order valence-electron chi connectivity index (χ0n) is 25.3. The van der Waals surface area contributed by atoms with Crippen LogP contribution in [0.3, 0.4) is 0 Å². The Morgan fingerprint density at radius 2 is 0.762 bits per heavy atom. The van der Waals surface area contributed by atoms with Crippen molar-refractivity contribution >= 4 is 23.9 Å². The summed E-state index contributed by atoms with van der Waals surface area (Å²) in [6.07, 6.45) is 16.4. The lowest BCUT2D eigenvalue weighted by Crippen LogP contribution is -2.15. The fourth-order valence-corrected chi connectivity index (χ4v) is 4.30. The van der Waals surface area contributed by atoms with Gasteiger partial charge in [-0.15, -0.1) is 0 Å². The maximum atomic E-state index is 12.4. The standard InChI is InChI=1S/C26H42O4.C8H6O4/c1-3-5-7-9-11-13-17-21-29-25(27)23-19-15-16-20-24(23)26(28)30-22-18-14-12-10-8-6-4-2;9-7(10)5-3-1-2-4-6(5)8(11)12/h15-16,19-20H,3-14,17-18,21-22H2,1-2H3;1-4H,(H,9,10)(H,11,12). The number of rotatable bonds is 20. The number of ether oxygens (including phenoxy) is 2. The molecule has 0 bridgehead atoms. The number of unbranched alkanes of at least 4 members (excludes halogenated alkanes) is 12. The van der Waals surface area contributed by atoms with Crippen LogP contribution in [0.2, 0.25) is 0 Å². The highest BCUT2D eigenvalue weighted by Gasteiger charge is 2.19. The molecular weight excluding hydrogens is 536 g/mol. The van der Waals surface area contributed by atoms with Crippen LogP contribution < -0.4 is 0 Å². The Balaban J connectivity index is 0.000000609. The zero-order valence-corrected chi connectivity index (χ0v) is 25.3. The molecule has 0 atom stereocenters. The van der Waals surface area contributed by atoms with Crippen molar-refractivity contribution in [2.24, 2.45) is 0 Å². The van der Waals surface area contributed by atoms with E-state index in [1.807, 2.05) is 0 Å². The molecule has 2 rings (SSSR count). The van der Waals surface area contributed by atoms with Crippen molar-refractivity contribution in [2.45, 2.75) is 104 Å². The smallest absolute Gasteiger partial charge is 0.339 e. The third kappa shape index (κ3) is 15.4. The third-order valence-electron chi connectivity index (χ3n) is 6.72. The van der Waals surface area contributed by atoms with Crippen LogP contribution in [0.25, 0.3) is 0 Å². The fourth-order valence-electron chi connectivity index (χ4n) is 4.30. The largest absolute Gasteiger partial charge is 0.478 e. The first-order chi connectivity index (χ1) is 20.3. The minimum Gasteiger partial charge on any atom is -0.478 e. The molecule has 0 aliphatic heterocycles. The SMILES string of the molecule is CCCCCCCCCOC(=O)c1ccccc1C(=O)OCCCCCCCCC.O=C(O)c1ccccc1C(=O)O. The monoisotopic (exact) mass is 584 g/mol. The van der Waals surface area contributed by atoms with Crippen molar-refractivity contribution in [2.75, 3.05) is 13.2 Å². The predicted octanol–water partition coefficient (Wildman–Crippen LogP) is 8.58. The Morgan fingerprint density at radius 3 is 1.07 bits per heavy atom. The second kappa shape index (κ2) is 22.9. The van der Waals surface area contributed by atoms with E-state index in [-0.39, 0.29) is 11.1 Å². The summed E-state index contributed by atoms with van der Waals surface area (Å²) in [6, 6.07) is 12.2. The van der Waals surface area contributed by atoms with Gasteiger partial charge in [0.05, 0.1) is 35.5 Å². The van der Waals surface area contributed by atoms with Gasteiger partial charge in [-0.1, -0.05) is 115 Å². The Morgan fingerprint density at radius 1 is 0.476 bits per heavy atom. The molecule has 0 spiro atoms. The van der Waals surface area contributed by atoms with Crippen LogP contribution in [-0.4, -0.2) is 47.3 Å². The predicted molar refractivity (Wildman–Crippen MR) is 163 cm³/mol. The first kappa shape index (κ1) is 36.3. The normalized spacial score (nSPS) is 10.3. The van der Waals surface area contributed by atoms with Crippen molar-refractivity contribution in [3.8, 4) is 0 Å². The molecule has 2 N–H and O–H groups in total. The van der Waals surface area contributed by atoms with Crippen LogP contribution in [0, 0.1) is 0 Å². The van der Waals surface area contributed by atoms with Gasteiger partial charge in [-0.25, -0.2) is 19.2 Å². The lowest BCUT2D eigenvalue weighted by Gasteiger charge is -2.10. The van der Waals surface area contributed by atoms with E-state index in [2.05, 4.69) is 13.8 Å². The summed E-state index contributed by atoms with van der Waals surface area (Å²) < 4.78 is 10.8. The van der Waals surface area contributed by atoms with Gasteiger partial charge in [0, 0.05) is 0 Å². The Kier molecular flexibility index (Phi) is 19.9. The van der Waals surface area contributed by atoms with Crippen molar-refractivity contribution in [1.29, 1.82) is 0 Å². The lowest BCUT2D eigenvalue weighted by molar-refractivity contribution is 0.0450. The van der Waals surface area contributed by atoms with E-state index in [9.17, 15) is 19.2 Å². The van der Waals surface area contributed by atoms with Gasteiger partial charge >= 0.3 is 23.9 Å². The van der Waals surface area contributed by atoms with Crippen molar-refractivity contribution in [3.05, 3.63) is 70.8 Å². The van der Waals surface area contributed by atoms with Gasteiger partial charge in [0.25, 0.3) is 0 Å². The molecule has 0 radical (unpaired) electrons. The number of benzene rings is 2. The molecule has 0 saturated heterocycles. The summed E-state index contributed by atoms with van der Waals surface area (Å²) in [5.41, 5.74) is 0.213. The van der Waals surface area contributed by atoms with Gasteiger partial charge in [-0.05, 0) is 37.1 Å². The highest BCUT2D eigenvalue weighted by Crippen LogP contribution is 2.14. The molecule has 8 heteroatoms. The number of carboxylic acids is 2. The topological polar surface area (TPSA) is 127 Å². The summed E-state index contributed by atoms with van der Waals surface area (Å²) in [7, 11) is 0. The molecule has 0 heterocycles. The molecule has 0 aliphatic carbocycles. The quantitative estimate of drug-likeness (QED) is 0.117. The molecule has 0 amide bonds. The Labute approximate surface area is 250 Å². The molecule has 0 fully saturated rings. The van der Waals surface area contributed by atoms with Crippen molar-refractivity contribution < 1.29 is 38.9 Å². The van der Waals surface area contributed by atoms with Crippen LogP contribution in [0.4, 0.5) is 0 Å². The van der Waals surface area contributed by atoms with E-state index in [1.54, 1.807) is 24.3 Å². The Bertz CT molecular complexity index is 995. The summed E-state index contributed by atoms with van der Waals surface area (Å²) >= 11 is 0. The second-order valence-corrected chi connectivity index (χ2v) is 10.2. The average molecular weight is 585 g/mol. The second-order valence-electron chi connectivity index (χ2n) is 10.2. The third-order valence-corrected chi connectivity index (χ3v) is 6.72. The number of hydrogen-bond donors (Lipinski definition) is 2. The van der Waals surface area contributed by atoms with Gasteiger partial charge in [-0.3, -0.25) is 0 Å². The summed E-state index contributed by atoms with van der Waals surface area (Å²) in [4.78, 5) is 45.8. The van der Waals surface area contributed by atoms with Crippen LogP contribution >= 0.6 is 0 Å². The van der Waals surface area contributed by atoms with Gasteiger partial charge < -0.3 is 19.7 Å². The first-order valence-electron chi connectivity index (χ1n) is 15.3. The summed E-state index contributed by atoms with van der Waals surface area (Å²) in [5.74, 6) is -3.34. The highest BCUT2D eigenvalue weighted by molar-refractivity contribution is 6.03. The Hall–Kier alpha value is -3.68. The number of hydrogen-bond acceptors (Lipinski definition) is 6. The highest BCUT2D eigenvalue weighted by atomic mass is 16.5. The number of aromatic carboxylic acids is 2. The minimum absolute atomic E-state index is 0.190. The molecule has 0 aliphatic rings.